The van der Waals surface area contributed by atoms with Crippen molar-refractivity contribution in [1.29, 1.82) is 0 Å². The van der Waals surface area contributed by atoms with Crippen molar-refractivity contribution in [3.8, 4) is 0 Å². The lowest BCUT2D eigenvalue weighted by molar-refractivity contribution is 0.0288. The maximum atomic E-state index is 12.1. The summed E-state index contributed by atoms with van der Waals surface area (Å²) in [5.41, 5.74) is 0.875. The summed E-state index contributed by atoms with van der Waals surface area (Å²) >= 11 is 0. The Kier molecular flexibility index (Phi) is 4.04. The Balaban J connectivity index is 1.99. The molecule has 1 amide bonds. The van der Waals surface area contributed by atoms with Gasteiger partial charge < -0.3 is 9.64 Å². The number of hydrogen-bond acceptors (Lipinski definition) is 3. The molecule has 1 saturated heterocycles. The van der Waals surface area contributed by atoms with Crippen LogP contribution < -0.4 is 0 Å². The van der Waals surface area contributed by atoms with Crippen molar-refractivity contribution >= 4 is 6.09 Å². The zero-order valence-electron chi connectivity index (χ0n) is 14.0. The molecule has 0 spiro atoms. The number of hydrogen-bond donors (Lipinski definition) is 0. The van der Waals surface area contributed by atoms with E-state index in [0.29, 0.717) is 6.54 Å². The van der Waals surface area contributed by atoms with Crippen molar-refractivity contribution in [3.05, 3.63) is 18.0 Å². The lowest BCUT2D eigenvalue weighted by atomic mass is 9.90. The van der Waals surface area contributed by atoms with Gasteiger partial charge in [-0.05, 0) is 38.2 Å². The second-order valence-electron chi connectivity index (χ2n) is 7.83. The average molecular weight is 293 g/mol. The highest BCUT2D eigenvalue weighted by Gasteiger charge is 2.31. The molecular formula is C16H27N3O2. The van der Waals surface area contributed by atoms with Crippen LogP contribution in [-0.2, 0) is 10.2 Å². The van der Waals surface area contributed by atoms with E-state index in [4.69, 9.17) is 4.74 Å². The molecule has 1 fully saturated rings. The predicted octanol–water partition coefficient (Wildman–Crippen LogP) is 3.36. The molecule has 0 bridgehead atoms. The molecule has 0 aromatic carbocycles. The van der Waals surface area contributed by atoms with Gasteiger partial charge in [-0.1, -0.05) is 20.8 Å². The molecule has 1 aromatic heterocycles. The summed E-state index contributed by atoms with van der Waals surface area (Å²) in [7, 11) is 0. The number of likely N-dealkylation sites (tertiary alicyclic amines) is 1. The molecule has 21 heavy (non-hydrogen) atoms. The molecule has 0 aliphatic carbocycles. The SMILES string of the molecule is CC(C)(C)OC(=O)N1CC[C@H](n2cc(C(C)(C)C)cn2)C1. The van der Waals surface area contributed by atoms with Gasteiger partial charge in [-0.15, -0.1) is 0 Å². The Morgan fingerprint density at radius 2 is 1.95 bits per heavy atom. The fourth-order valence-electron chi connectivity index (χ4n) is 2.38. The third-order valence-electron chi connectivity index (χ3n) is 3.66. The highest BCUT2D eigenvalue weighted by atomic mass is 16.6. The van der Waals surface area contributed by atoms with Gasteiger partial charge in [0.2, 0.25) is 0 Å². The standard InChI is InChI=1S/C16H27N3O2/c1-15(2,3)12-9-17-19(10-12)13-7-8-18(11-13)14(20)21-16(4,5)6/h9-10,13H,7-8,11H2,1-6H3/t13-/m0/s1. The summed E-state index contributed by atoms with van der Waals surface area (Å²) in [4.78, 5) is 13.8. The van der Waals surface area contributed by atoms with Crippen LogP contribution in [0.4, 0.5) is 4.79 Å². The summed E-state index contributed by atoms with van der Waals surface area (Å²) in [5, 5.41) is 4.47. The maximum Gasteiger partial charge on any atom is 0.410 e. The number of nitrogens with zero attached hydrogens (tertiary/aromatic N) is 3. The fraction of sp³-hybridized carbons (Fsp3) is 0.750. The molecule has 2 heterocycles. The van der Waals surface area contributed by atoms with Crippen LogP contribution in [0.3, 0.4) is 0 Å². The van der Waals surface area contributed by atoms with Gasteiger partial charge in [0.25, 0.3) is 0 Å². The highest BCUT2D eigenvalue weighted by molar-refractivity contribution is 5.68. The van der Waals surface area contributed by atoms with Gasteiger partial charge in [0, 0.05) is 19.3 Å². The third-order valence-corrected chi connectivity index (χ3v) is 3.66. The van der Waals surface area contributed by atoms with Gasteiger partial charge in [-0.2, -0.15) is 5.10 Å². The van der Waals surface area contributed by atoms with Gasteiger partial charge in [0.1, 0.15) is 5.60 Å². The van der Waals surface area contributed by atoms with Gasteiger partial charge in [0.15, 0.2) is 0 Å². The summed E-state index contributed by atoms with van der Waals surface area (Å²) in [6.07, 6.45) is 4.72. The Hall–Kier alpha value is -1.52. The number of carbonyl (C=O) groups excluding carboxylic acids is 1. The quantitative estimate of drug-likeness (QED) is 0.797. The van der Waals surface area contributed by atoms with Crippen LogP contribution in [0.15, 0.2) is 12.4 Å². The average Bonchev–Trinajstić information content (AvgIpc) is 2.95. The summed E-state index contributed by atoms with van der Waals surface area (Å²) in [6.45, 7) is 13.6. The molecule has 5 nitrogen and oxygen atoms in total. The Morgan fingerprint density at radius 1 is 1.29 bits per heavy atom. The number of rotatable bonds is 1. The van der Waals surface area contributed by atoms with Gasteiger partial charge in [-0.3, -0.25) is 4.68 Å². The lowest BCUT2D eigenvalue weighted by Crippen LogP contribution is -2.35. The van der Waals surface area contributed by atoms with Crippen LogP contribution in [0.25, 0.3) is 0 Å². The van der Waals surface area contributed by atoms with Crippen molar-refractivity contribution in [2.75, 3.05) is 13.1 Å². The van der Waals surface area contributed by atoms with Gasteiger partial charge in [0.05, 0.1) is 12.2 Å². The van der Waals surface area contributed by atoms with Gasteiger partial charge >= 0.3 is 6.09 Å². The molecule has 1 atom stereocenters. The molecule has 1 aliphatic rings. The topological polar surface area (TPSA) is 47.4 Å². The third kappa shape index (κ3) is 3.99. The molecule has 0 unspecified atom stereocenters. The van der Waals surface area contributed by atoms with E-state index in [1.165, 1.54) is 5.56 Å². The van der Waals surface area contributed by atoms with Crippen molar-refractivity contribution in [1.82, 2.24) is 14.7 Å². The summed E-state index contributed by atoms with van der Waals surface area (Å²) in [6, 6.07) is 0.244. The van der Waals surface area contributed by atoms with Crippen LogP contribution in [0.2, 0.25) is 0 Å². The number of ether oxygens (including phenoxy) is 1. The normalized spacial score (nSPS) is 19.9. The Bertz CT molecular complexity index is 508. The first kappa shape index (κ1) is 15.9. The molecule has 2 rings (SSSR count). The summed E-state index contributed by atoms with van der Waals surface area (Å²) in [5.74, 6) is 0. The van der Waals surface area contributed by atoms with E-state index >= 15 is 0 Å². The second-order valence-corrected chi connectivity index (χ2v) is 7.83. The molecule has 0 radical (unpaired) electrons. The second kappa shape index (κ2) is 5.35. The molecule has 5 heteroatoms. The number of carbonyl (C=O) groups is 1. The first-order chi connectivity index (χ1) is 9.56. The zero-order valence-corrected chi connectivity index (χ0v) is 14.0. The first-order valence-corrected chi connectivity index (χ1v) is 7.59. The van der Waals surface area contributed by atoms with Crippen LogP contribution in [0.1, 0.15) is 59.6 Å². The molecule has 0 saturated carbocycles. The van der Waals surface area contributed by atoms with Crippen molar-refractivity contribution in [3.63, 3.8) is 0 Å². The monoisotopic (exact) mass is 293 g/mol. The molecule has 0 N–H and O–H groups in total. The van der Waals surface area contributed by atoms with Crippen LogP contribution >= 0.6 is 0 Å². The van der Waals surface area contributed by atoms with E-state index in [0.717, 1.165) is 13.0 Å². The van der Waals surface area contributed by atoms with Gasteiger partial charge in [-0.25, -0.2) is 4.79 Å². The smallest absolute Gasteiger partial charge is 0.410 e. The van der Waals surface area contributed by atoms with E-state index in [1.54, 1.807) is 4.90 Å². The fourth-order valence-corrected chi connectivity index (χ4v) is 2.38. The van der Waals surface area contributed by atoms with E-state index in [-0.39, 0.29) is 17.6 Å². The summed E-state index contributed by atoms with van der Waals surface area (Å²) < 4.78 is 7.41. The Labute approximate surface area is 127 Å². The minimum Gasteiger partial charge on any atom is -0.444 e. The largest absolute Gasteiger partial charge is 0.444 e. The van der Waals surface area contributed by atoms with Crippen molar-refractivity contribution < 1.29 is 9.53 Å². The van der Waals surface area contributed by atoms with Crippen molar-refractivity contribution in [2.24, 2.45) is 0 Å². The highest BCUT2D eigenvalue weighted by Crippen LogP contribution is 2.26. The Morgan fingerprint density at radius 3 is 2.48 bits per heavy atom. The molecular weight excluding hydrogens is 266 g/mol. The minimum absolute atomic E-state index is 0.0989. The molecule has 1 aliphatic heterocycles. The van der Waals surface area contributed by atoms with E-state index < -0.39 is 5.60 Å². The number of aromatic nitrogens is 2. The van der Waals surface area contributed by atoms with E-state index in [1.807, 2.05) is 31.6 Å². The van der Waals surface area contributed by atoms with E-state index in [2.05, 4.69) is 32.1 Å². The van der Waals surface area contributed by atoms with Crippen LogP contribution in [0, 0.1) is 0 Å². The molecule has 118 valence electrons. The van der Waals surface area contributed by atoms with E-state index in [9.17, 15) is 4.79 Å². The maximum absolute atomic E-state index is 12.1. The number of amides is 1. The van der Waals surface area contributed by atoms with Crippen molar-refractivity contribution in [2.45, 2.75) is 65.0 Å². The zero-order chi connectivity index (χ0) is 15.8. The van der Waals surface area contributed by atoms with Crippen LogP contribution in [0.5, 0.6) is 0 Å². The lowest BCUT2D eigenvalue weighted by Gasteiger charge is -2.24. The van der Waals surface area contributed by atoms with Crippen LogP contribution in [-0.4, -0.2) is 39.5 Å². The predicted molar refractivity (Wildman–Crippen MR) is 82.4 cm³/mol. The molecule has 1 aromatic rings. The first-order valence-electron chi connectivity index (χ1n) is 7.59. The minimum atomic E-state index is -0.444.